The van der Waals surface area contributed by atoms with E-state index in [9.17, 15) is 4.79 Å². The van der Waals surface area contributed by atoms with E-state index in [1.165, 1.54) is 17.3 Å². The molecule has 3 aromatic rings. The Hall–Kier alpha value is -2.32. The quantitative estimate of drug-likeness (QED) is 0.476. The highest BCUT2D eigenvalue weighted by molar-refractivity contribution is 9.10. The summed E-state index contributed by atoms with van der Waals surface area (Å²) < 4.78 is 8.66. The average molecular weight is 475 g/mol. The number of nitrogens with zero attached hydrogens (tertiary/aromatic N) is 3. The Morgan fingerprint density at radius 1 is 1.21 bits per heavy atom. The third-order valence-electron chi connectivity index (χ3n) is 4.40. The molecule has 1 N–H and O–H groups in total. The lowest BCUT2D eigenvalue weighted by atomic mass is 10.2. The summed E-state index contributed by atoms with van der Waals surface area (Å²) in [6, 6.07) is 13.7. The first kappa shape index (κ1) is 21.4. The molecular formula is C21H23BrN4O2S. The normalized spacial score (nSPS) is 10.8. The van der Waals surface area contributed by atoms with Crippen molar-refractivity contribution in [2.24, 2.45) is 7.05 Å². The number of amides is 1. The minimum absolute atomic E-state index is 0.0893. The number of rotatable bonds is 8. The van der Waals surface area contributed by atoms with Crippen molar-refractivity contribution in [3.8, 4) is 5.75 Å². The van der Waals surface area contributed by atoms with E-state index in [1.54, 1.807) is 0 Å². The van der Waals surface area contributed by atoms with Gasteiger partial charge in [0, 0.05) is 17.2 Å². The van der Waals surface area contributed by atoms with Crippen LogP contribution in [0.25, 0.3) is 0 Å². The summed E-state index contributed by atoms with van der Waals surface area (Å²) in [4.78, 5) is 12.2. The van der Waals surface area contributed by atoms with Gasteiger partial charge in [0.2, 0.25) is 5.91 Å². The smallest absolute Gasteiger partial charge is 0.234 e. The molecule has 29 heavy (non-hydrogen) atoms. The topological polar surface area (TPSA) is 69.0 Å². The second-order valence-electron chi connectivity index (χ2n) is 6.54. The summed E-state index contributed by atoms with van der Waals surface area (Å²) in [7, 11) is 1.87. The number of ether oxygens (including phenoxy) is 1. The number of halogens is 1. The molecule has 0 spiro atoms. The largest absolute Gasteiger partial charge is 0.486 e. The first-order valence-electron chi connectivity index (χ1n) is 9.25. The molecule has 0 bridgehead atoms. The average Bonchev–Trinajstić information content (AvgIpc) is 3.07. The molecule has 1 heterocycles. The second-order valence-corrected chi connectivity index (χ2v) is 8.34. The minimum atomic E-state index is -0.0893. The highest BCUT2D eigenvalue weighted by Gasteiger charge is 2.12. The van der Waals surface area contributed by atoms with E-state index in [1.807, 2.05) is 48.9 Å². The third kappa shape index (κ3) is 5.83. The fraction of sp³-hybridized carbons (Fsp3) is 0.286. The van der Waals surface area contributed by atoms with Gasteiger partial charge in [-0.15, -0.1) is 10.2 Å². The van der Waals surface area contributed by atoms with Crippen LogP contribution in [0.5, 0.6) is 5.75 Å². The van der Waals surface area contributed by atoms with E-state index in [0.717, 1.165) is 27.9 Å². The summed E-state index contributed by atoms with van der Waals surface area (Å²) in [6.07, 6.45) is 0.999. The van der Waals surface area contributed by atoms with Gasteiger partial charge < -0.3 is 14.6 Å². The maximum absolute atomic E-state index is 12.2. The summed E-state index contributed by atoms with van der Waals surface area (Å²) in [5.74, 6) is 1.66. The lowest BCUT2D eigenvalue weighted by molar-refractivity contribution is -0.113. The monoisotopic (exact) mass is 474 g/mol. The van der Waals surface area contributed by atoms with Crippen molar-refractivity contribution < 1.29 is 9.53 Å². The van der Waals surface area contributed by atoms with Crippen LogP contribution in [0, 0.1) is 6.92 Å². The highest BCUT2D eigenvalue weighted by Crippen LogP contribution is 2.21. The van der Waals surface area contributed by atoms with E-state index >= 15 is 0 Å². The van der Waals surface area contributed by atoms with Crippen LogP contribution in [0.4, 0.5) is 5.69 Å². The van der Waals surface area contributed by atoms with Crippen LogP contribution in [0.3, 0.4) is 0 Å². The second kappa shape index (κ2) is 9.93. The highest BCUT2D eigenvalue weighted by atomic mass is 79.9. The van der Waals surface area contributed by atoms with Crippen molar-refractivity contribution in [1.82, 2.24) is 14.8 Å². The van der Waals surface area contributed by atoms with Crippen LogP contribution < -0.4 is 10.1 Å². The molecule has 0 atom stereocenters. The SMILES string of the molecule is CCc1ccc(OCc2nnc(SCC(=O)Nc3ccc(Br)c(C)c3)n2C)cc1. The van der Waals surface area contributed by atoms with Crippen molar-refractivity contribution in [1.29, 1.82) is 0 Å². The van der Waals surface area contributed by atoms with E-state index in [2.05, 4.69) is 50.5 Å². The van der Waals surface area contributed by atoms with Crippen molar-refractivity contribution in [3.63, 3.8) is 0 Å². The van der Waals surface area contributed by atoms with Crippen LogP contribution in [-0.4, -0.2) is 26.4 Å². The lowest BCUT2D eigenvalue weighted by Crippen LogP contribution is -2.14. The van der Waals surface area contributed by atoms with Crippen LogP contribution >= 0.6 is 27.7 Å². The Kier molecular flexibility index (Phi) is 7.33. The van der Waals surface area contributed by atoms with Gasteiger partial charge in [0.15, 0.2) is 11.0 Å². The molecule has 0 aliphatic rings. The maximum Gasteiger partial charge on any atom is 0.234 e. The molecular weight excluding hydrogens is 452 g/mol. The molecule has 0 unspecified atom stereocenters. The number of carbonyl (C=O) groups excluding carboxylic acids is 1. The van der Waals surface area contributed by atoms with Gasteiger partial charge in [0.25, 0.3) is 0 Å². The number of hydrogen-bond donors (Lipinski definition) is 1. The fourth-order valence-electron chi connectivity index (χ4n) is 2.62. The molecule has 0 saturated heterocycles. The van der Waals surface area contributed by atoms with Crippen LogP contribution in [0.2, 0.25) is 0 Å². The van der Waals surface area contributed by atoms with Crippen molar-refractivity contribution in [3.05, 3.63) is 63.9 Å². The van der Waals surface area contributed by atoms with Gasteiger partial charge in [-0.05, 0) is 54.8 Å². The summed E-state index contributed by atoms with van der Waals surface area (Å²) in [5, 5.41) is 11.9. The number of aryl methyl sites for hydroxylation is 2. The molecule has 0 aliphatic heterocycles. The van der Waals surface area contributed by atoms with E-state index in [-0.39, 0.29) is 11.7 Å². The standard InChI is InChI=1S/C21H23BrN4O2S/c1-4-15-5-8-17(9-6-15)28-12-19-24-25-21(26(19)3)29-13-20(27)23-16-7-10-18(22)14(2)11-16/h5-11H,4,12-13H2,1-3H3,(H,23,27). The van der Waals surface area contributed by atoms with Gasteiger partial charge in [-0.2, -0.15) is 0 Å². The Balaban J connectivity index is 1.52. The zero-order valence-electron chi connectivity index (χ0n) is 16.6. The number of anilines is 1. The number of nitrogens with one attached hydrogen (secondary N) is 1. The molecule has 152 valence electrons. The molecule has 0 radical (unpaired) electrons. The number of thioether (sulfide) groups is 1. The number of aromatic nitrogens is 3. The van der Waals surface area contributed by atoms with Crippen LogP contribution in [-0.2, 0) is 24.9 Å². The molecule has 1 amide bonds. The first-order chi connectivity index (χ1) is 14.0. The Bertz CT molecular complexity index is 989. The predicted molar refractivity (Wildman–Crippen MR) is 119 cm³/mol. The molecule has 3 rings (SSSR count). The molecule has 0 saturated carbocycles. The van der Waals surface area contributed by atoms with E-state index in [0.29, 0.717) is 17.6 Å². The van der Waals surface area contributed by atoms with Gasteiger partial charge >= 0.3 is 0 Å². The Morgan fingerprint density at radius 3 is 2.66 bits per heavy atom. The van der Waals surface area contributed by atoms with Gasteiger partial charge in [0.1, 0.15) is 12.4 Å². The number of benzene rings is 2. The van der Waals surface area contributed by atoms with Gasteiger partial charge in [-0.3, -0.25) is 4.79 Å². The van der Waals surface area contributed by atoms with Crippen LogP contribution in [0.15, 0.2) is 52.1 Å². The maximum atomic E-state index is 12.2. The molecule has 8 heteroatoms. The number of carbonyl (C=O) groups is 1. The van der Waals surface area contributed by atoms with Gasteiger partial charge in [-0.25, -0.2) is 0 Å². The van der Waals surface area contributed by atoms with E-state index in [4.69, 9.17) is 4.74 Å². The lowest BCUT2D eigenvalue weighted by Gasteiger charge is -2.08. The van der Waals surface area contributed by atoms with Crippen molar-refractivity contribution in [2.75, 3.05) is 11.1 Å². The zero-order valence-corrected chi connectivity index (χ0v) is 19.0. The van der Waals surface area contributed by atoms with Gasteiger partial charge in [0.05, 0.1) is 5.75 Å². The molecule has 2 aromatic carbocycles. The van der Waals surface area contributed by atoms with E-state index < -0.39 is 0 Å². The molecule has 0 aliphatic carbocycles. The van der Waals surface area contributed by atoms with Crippen molar-refractivity contribution >= 4 is 39.3 Å². The summed E-state index contributed by atoms with van der Waals surface area (Å²) in [5.41, 5.74) is 3.11. The van der Waals surface area contributed by atoms with Crippen molar-refractivity contribution in [2.45, 2.75) is 32.0 Å². The van der Waals surface area contributed by atoms with Gasteiger partial charge in [-0.1, -0.05) is 46.7 Å². The first-order valence-corrected chi connectivity index (χ1v) is 11.0. The molecule has 1 aromatic heterocycles. The van der Waals surface area contributed by atoms with Crippen LogP contribution in [0.1, 0.15) is 23.9 Å². The Labute approximate surface area is 183 Å². The molecule has 0 fully saturated rings. The zero-order chi connectivity index (χ0) is 20.8. The summed E-state index contributed by atoms with van der Waals surface area (Å²) in [6.45, 7) is 4.42. The fourth-order valence-corrected chi connectivity index (χ4v) is 3.59. The summed E-state index contributed by atoms with van der Waals surface area (Å²) >= 11 is 4.80. The minimum Gasteiger partial charge on any atom is -0.486 e. The number of hydrogen-bond acceptors (Lipinski definition) is 5. The Morgan fingerprint density at radius 2 is 1.97 bits per heavy atom. The molecule has 6 nitrogen and oxygen atoms in total. The predicted octanol–water partition coefficient (Wildman–Crippen LogP) is 4.76. The third-order valence-corrected chi connectivity index (χ3v) is 6.31.